The Morgan fingerprint density at radius 3 is 2.10 bits per heavy atom. The van der Waals surface area contributed by atoms with E-state index >= 15 is 0 Å². The summed E-state index contributed by atoms with van der Waals surface area (Å²) in [4.78, 5) is 25.2. The van der Waals surface area contributed by atoms with Gasteiger partial charge in [0.05, 0.1) is 0 Å². The normalized spacial score (nSPS) is 10.4. The minimum atomic E-state index is -0.0161. The van der Waals surface area contributed by atoms with Gasteiger partial charge in [-0.05, 0) is 30.5 Å². The monoisotopic (exact) mass is 276 g/mol. The fourth-order valence-electron chi connectivity index (χ4n) is 2.02. The van der Waals surface area contributed by atoms with Gasteiger partial charge >= 0.3 is 0 Å². The van der Waals surface area contributed by atoms with Crippen molar-refractivity contribution >= 4 is 11.8 Å². The number of hydrogen-bond donors (Lipinski definition) is 1. The molecule has 0 aliphatic carbocycles. The number of hydrogen-bond acceptors (Lipinski definition) is 2. The molecule has 1 rings (SSSR count). The molecule has 4 nitrogen and oxygen atoms in total. The van der Waals surface area contributed by atoms with Gasteiger partial charge in [-0.3, -0.25) is 9.59 Å². The molecule has 0 aromatic heterocycles. The van der Waals surface area contributed by atoms with Crippen molar-refractivity contribution in [3.05, 3.63) is 35.4 Å². The first kappa shape index (κ1) is 16.2. The van der Waals surface area contributed by atoms with Gasteiger partial charge in [-0.15, -0.1) is 0 Å². The minimum absolute atomic E-state index is 0.0161. The Balaban J connectivity index is 2.58. The van der Waals surface area contributed by atoms with Crippen LogP contribution in [-0.2, 0) is 11.3 Å². The van der Waals surface area contributed by atoms with Crippen LogP contribution < -0.4 is 5.32 Å². The smallest absolute Gasteiger partial charge is 0.253 e. The Morgan fingerprint density at radius 2 is 1.65 bits per heavy atom. The Kier molecular flexibility index (Phi) is 6.22. The van der Waals surface area contributed by atoms with E-state index in [-0.39, 0.29) is 17.7 Å². The molecule has 2 amide bonds. The maximum absolute atomic E-state index is 11.9. The Labute approximate surface area is 121 Å². The molecule has 0 unspecified atom stereocenters. The third-order valence-corrected chi connectivity index (χ3v) is 3.43. The highest BCUT2D eigenvalue weighted by atomic mass is 16.2. The van der Waals surface area contributed by atoms with Crippen LogP contribution in [0.3, 0.4) is 0 Å². The highest BCUT2D eigenvalue weighted by Gasteiger charge is 2.13. The molecular weight excluding hydrogens is 252 g/mol. The molecule has 0 radical (unpaired) electrons. The predicted octanol–water partition coefficient (Wildman–Crippen LogP) is 2.44. The summed E-state index contributed by atoms with van der Waals surface area (Å²) in [6, 6.07) is 7.34. The molecule has 1 aromatic rings. The van der Waals surface area contributed by atoms with Crippen LogP contribution in [0.5, 0.6) is 0 Å². The summed E-state index contributed by atoms with van der Waals surface area (Å²) in [7, 11) is 3.46. The summed E-state index contributed by atoms with van der Waals surface area (Å²) in [5.74, 6) is 0.172. The van der Waals surface area contributed by atoms with Gasteiger partial charge < -0.3 is 10.2 Å². The Hall–Kier alpha value is -1.84. The van der Waals surface area contributed by atoms with Crippen LogP contribution >= 0.6 is 0 Å². The average Bonchev–Trinajstić information content (AvgIpc) is 2.46. The third kappa shape index (κ3) is 4.37. The van der Waals surface area contributed by atoms with E-state index in [1.807, 2.05) is 26.0 Å². The third-order valence-electron chi connectivity index (χ3n) is 3.43. The summed E-state index contributed by atoms with van der Waals surface area (Å²) < 4.78 is 0. The molecule has 0 atom stereocenters. The molecule has 1 aromatic carbocycles. The topological polar surface area (TPSA) is 49.4 Å². The van der Waals surface area contributed by atoms with Crippen molar-refractivity contribution in [1.82, 2.24) is 10.2 Å². The quantitative estimate of drug-likeness (QED) is 0.867. The molecule has 0 bridgehead atoms. The summed E-state index contributed by atoms with van der Waals surface area (Å²) in [6.45, 7) is 4.55. The van der Waals surface area contributed by atoms with Crippen LogP contribution in [0, 0.1) is 5.92 Å². The first-order valence-electron chi connectivity index (χ1n) is 7.07. The highest BCUT2D eigenvalue weighted by Crippen LogP contribution is 2.09. The van der Waals surface area contributed by atoms with Gasteiger partial charge in [0.1, 0.15) is 0 Å². The number of carbonyl (C=O) groups excluding carboxylic acids is 2. The van der Waals surface area contributed by atoms with E-state index < -0.39 is 0 Å². The minimum Gasteiger partial charge on any atom is -0.352 e. The number of amides is 2. The summed E-state index contributed by atoms with van der Waals surface area (Å²) in [5, 5.41) is 2.94. The Morgan fingerprint density at radius 1 is 1.10 bits per heavy atom. The SMILES string of the molecule is CCC(CC)C(=O)NCc1ccc(C(=O)N(C)C)cc1. The molecule has 1 N–H and O–H groups in total. The lowest BCUT2D eigenvalue weighted by Gasteiger charge is -2.13. The highest BCUT2D eigenvalue weighted by molar-refractivity contribution is 5.93. The summed E-state index contributed by atoms with van der Waals surface area (Å²) in [5.41, 5.74) is 1.66. The zero-order valence-corrected chi connectivity index (χ0v) is 12.8. The summed E-state index contributed by atoms with van der Waals surface area (Å²) in [6.07, 6.45) is 1.72. The lowest BCUT2D eigenvalue weighted by atomic mass is 10.0. The van der Waals surface area contributed by atoms with Crippen molar-refractivity contribution in [1.29, 1.82) is 0 Å². The Bertz CT molecular complexity index is 448. The first-order valence-corrected chi connectivity index (χ1v) is 7.07. The molecule has 0 fully saturated rings. The number of benzene rings is 1. The maximum Gasteiger partial charge on any atom is 0.253 e. The lowest BCUT2D eigenvalue weighted by Crippen LogP contribution is -2.29. The first-order chi connectivity index (χ1) is 9.49. The fourth-order valence-corrected chi connectivity index (χ4v) is 2.02. The molecule has 0 aliphatic rings. The second-order valence-electron chi connectivity index (χ2n) is 5.13. The van der Waals surface area contributed by atoms with E-state index in [1.54, 1.807) is 31.1 Å². The summed E-state index contributed by atoms with van der Waals surface area (Å²) >= 11 is 0. The van der Waals surface area contributed by atoms with Gasteiger partial charge in [-0.25, -0.2) is 0 Å². The van der Waals surface area contributed by atoms with Crippen LogP contribution in [0.15, 0.2) is 24.3 Å². The van der Waals surface area contributed by atoms with Crippen molar-refractivity contribution in [2.45, 2.75) is 33.2 Å². The van der Waals surface area contributed by atoms with Crippen LogP contribution in [-0.4, -0.2) is 30.8 Å². The van der Waals surface area contributed by atoms with Crippen molar-refractivity contribution in [3.63, 3.8) is 0 Å². The number of nitrogens with one attached hydrogen (secondary N) is 1. The van der Waals surface area contributed by atoms with Gasteiger partial charge in [0.25, 0.3) is 5.91 Å². The van der Waals surface area contributed by atoms with Gasteiger partial charge in [0, 0.05) is 32.1 Å². The van der Waals surface area contributed by atoms with E-state index in [0.29, 0.717) is 12.1 Å². The van der Waals surface area contributed by atoms with Crippen LogP contribution in [0.1, 0.15) is 42.6 Å². The van der Waals surface area contributed by atoms with Gasteiger partial charge in [0.2, 0.25) is 5.91 Å². The van der Waals surface area contributed by atoms with Crippen molar-refractivity contribution in [3.8, 4) is 0 Å². The van der Waals surface area contributed by atoms with E-state index in [9.17, 15) is 9.59 Å². The molecular formula is C16H24N2O2. The van der Waals surface area contributed by atoms with Crippen molar-refractivity contribution in [2.75, 3.05) is 14.1 Å². The van der Waals surface area contributed by atoms with Crippen molar-refractivity contribution in [2.24, 2.45) is 5.92 Å². The van der Waals surface area contributed by atoms with E-state index in [4.69, 9.17) is 0 Å². The molecule has 0 heterocycles. The van der Waals surface area contributed by atoms with E-state index in [2.05, 4.69) is 5.32 Å². The zero-order chi connectivity index (χ0) is 15.1. The molecule has 20 heavy (non-hydrogen) atoms. The average molecular weight is 276 g/mol. The van der Waals surface area contributed by atoms with E-state index in [0.717, 1.165) is 18.4 Å². The molecule has 4 heteroatoms. The molecule has 110 valence electrons. The lowest BCUT2D eigenvalue weighted by molar-refractivity contribution is -0.125. The van der Waals surface area contributed by atoms with Gasteiger partial charge in [-0.2, -0.15) is 0 Å². The number of nitrogens with zero attached hydrogens (tertiary/aromatic N) is 1. The van der Waals surface area contributed by atoms with E-state index in [1.165, 1.54) is 0 Å². The standard InChI is InChI=1S/C16H24N2O2/c1-5-13(6-2)15(19)17-11-12-7-9-14(10-8-12)16(20)18(3)4/h7-10,13H,5-6,11H2,1-4H3,(H,17,19). The molecule has 0 aliphatic heterocycles. The molecule has 0 saturated heterocycles. The van der Waals surface area contributed by atoms with Crippen LogP contribution in [0.2, 0.25) is 0 Å². The largest absolute Gasteiger partial charge is 0.352 e. The van der Waals surface area contributed by atoms with Gasteiger partial charge in [-0.1, -0.05) is 26.0 Å². The van der Waals surface area contributed by atoms with Crippen LogP contribution in [0.25, 0.3) is 0 Å². The zero-order valence-electron chi connectivity index (χ0n) is 12.8. The van der Waals surface area contributed by atoms with Crippen LogP contribution in [0.4, 0.5) is 0 Å². The second kappa shape index (κ2) is 7.68. The maximum atomic E-state index is 11.9. The number of rotatable bonds is 6. The van der Waals surface area contributed by atoms with Crippen molar-refractivity contribution < 1.29 is 9.59 Å². The van der Waals surface area contributed by atoms with Gasteiger partial charge in [0.15, 0.2) is 0 Å². The molecule has 0 saturated carbocycles. The fraction of sp³-hybridized carbons (Fsp3) is 0.500. The number of carbonyl (C=O) groups is 2. The molecule has 0 spiro atoms. The second-order valence-corrected chi connectivity index (χ2v) is 5.13. The predicted molar refractivity (Wildman–Crippen MR) is 80.4 cm³/mol.